The molecule has 0 aliphatic heterocycles. The Morgan fingerprint density at radius 2 is 2.00 bits per heavy atom. The fraction of sp³-hybridized carbons (Fsp3) is 0.235. The van der Waals surface area contributed by atoms with Gasteiger partial charge in [0.15, 0.2) is 6.61 Å². The number of amides is 1. The van der Waals surface area contributed by atoms with Crippen LogP contribution in [0, 0.1) is 5.82 Å². The molecule has 0 radical (unpaired) electrons. The number of benzene rings is 2. The lowest BCUT2D eigenvalue weighted by Gasteiger charge is -2.10. The van der Waals surface area contributed by atoms with Crippen LogP contribution in [-0.2, 0) is 11.2 Å². The lowest BCUT2D eigenvalue weighted by Crippen LogP contribution is -2.30. The number of rotatable bonds is 7. The Balaban J connectivity index is 1.77. The van der Waals surface area contributed by atoms with Crippen LogP contribution in [0.1, 0.15) is 5.56 Å². The lowest BCUT2D eigenvalue weighted by atomic mass is 10.1. The standard InChI is InChI=1S/C17H17ClFNO3/c1-22-15-5-3-2-4-12(15)8-9-20-17(21)11-23-16-7-6-13(19)10-14(16)18/h2-7,10H,8-9,11H2,1H3,(H,20,21). The topological polar surface area (TPSA) is 47.6 Å². The first-order valence-corrected chi connectivity index (χ1v) is 7.44. The Hall–Kier alpha value is -2.27. The maximum Gasteiger partial charge on any atom is 0.257 e. The first-order chi connectivity index (χ1) is 11.1. The van der Waals surface area contributed by atoms with Crippen LogP contribution in [0.15, 0.2) is 42.5 Å². The molecule has 1 N–H and O–H groups in total. The van der Waals surface area contributed by atoms with Crippen molar-refractivity contribution in [1.82, 2.24) is 5.32 Å². The number of carbonyl (C=O) groups is 1. The SMILES string of the molecule is COc1ccccc1CCNC(=O)COc1ccc(F)cc1Cl. The van der Waals surface area contributed by atoms with E-state index in [2.05, 4.69) is 5.32 Å². The number of ether oxygens (including phenoxy) is 2. The van der Waals surface area contributed by atoms with Crippen LogP contribution < -0.4 is 14.8 Å². The van der Waals surface area contributed by atoms with E-state index >= 15 is 0 Å². The first-order valence-electron chi connectivity index (χ1n) is 7.06. The van der Waals surface area contributed by atoms with Crippen LogP contribution in [0.25, 0.3) is 0 Å². The number of methoxy groups -OCH3 is 1. The summed E-state index contributed by atoms with van der Waals surface area (Å²) in [6, 6.07) is 11.4. The third-order valence-corrected chi connectivity index (χ3v) is 3.46. The minimum Gasteiger partial charge on any atom is -0.496 e. The van der Waals surface area contributed by atoms with Crippen molar-refractivity contribution in [3.05, 3.63) is 58.9 Å². The molecule has 2 aromatic rings. The minimum absolute atomic E-state index is 0.131. The van der Waals surface area contributed by atoms with Crippen molar-refractivity contribution >= 4 is 17.5 Å². The maximum atomic E-state index is 12.9. The third kappa shape index (κ3) is 5.14. The van der Waals surface area contributed by atoms with Crippen molar-refractivity contribution in [2.24, 2.45) is 0 Å². The van der Waals surface area contributed by atoms with Gasteiger partial charge in [-0.2, -0.15) is 0 Å². The van der Waals surface area contributed by atoms with E-state index < -0.39 is 5.82 Å². The maximum absolute atomic E-state index is 12.9. The summed E-state index contributed by atoms with van der Waals surface area (Å²) in [6.45, 7) is 0.275. The molecule has 0 aliphatic carbocycles. The molecular formula is C17H17ClFNO3. The molecule has 0 spiro atoms. The highest BCUT2D eigenvalue weighted by Gasteiger charge is 2.07. The van der Waals surface area contributed by atoms with E-state index in [1.165, 1.54) is 12.1 Å². The van der Waals surface area contributed by atoms with E-state index in [4.69, 9.17) is 21.1 Å². The number of hydrogen-bond acceptors (Lipinski definition) is 3. The van der Waals surface area contributed by atoms with E-state index in [-0.39, 0.29) is 23.3 Å². The Kier molecular flexibility index (Phi) is 6.23. The summed E-state index contributed by atoms with van der Waals surface area (Å²) < 4.78 is 23.4. The molecule has 23 heavy (non-hydrogen) atoms. The van der Waals surface area contributed by atoms with Crippen molar-refractivity contribution in [2.75, 3.05) is 20.3 Å². The molecule has 0 fully saturated rings. The fourth-order valence-corrected chi connectivity index (χ4v) is 2.25. The molecule has 1 amide bonds. The second kappa shape index (κ2) is 8.39. The van der Waals surface area contributed by atoms with Gasteiger partial charge in [0.2, 0.25) is 0 Å². The summed E-state index contributed by atoms with van der Waals surface area (Å²) >= 11 is 5.82. The second-order valence-corrected chi connectivity index (χ2v) is 5.18. The van der Waals surface area contributed by atoms with Gasteiger partial charge in [-0.25, -0.2) is 4.39 Å². The number of halogens is 2. The predicted octanol–water partition coefficient (Wildman–Crippen LogP) is 3.23. The summed E-state index contributed by atoms with van der Waals surface area (Å²) in [7, 11) is 1.61. The lowest BCUT2D eigenvalue weighted by molar-refractivity contribution is -0.123. The Bertz CT molecular complexity index is 679. The zero-order valence-corrected chi connectivity index (χ0v) is 13.4. The van der Waals surface area contributed by atoms with Crippen molar-refractivity contribution in [3.63, 3.8) is 0 Å². The Labute approximate surface area is 139 Å². The molecule has 2 aromatic carbocycles. The van der Waals surface area contributed by atoms with Crippen molar-refractivity contribution in [2.45, 2.75) is 6.42 Å². The zero-order valence-electron chi connectivity index (χ0n) is 12.6. The van der Waals surface area contributed by atoms with Crippen LogP contribution in [0.3, 0.4) is 0 Å². The van der Waals surface area contributed by atoms with Gasteiger partial charge in [-0.1, -0.05) is 29.8 Å². The Morgan fingerprint density at radius 1 is 1.22 bits per heavy atom. The Morgan fingerprint density at radius 3 is 2.74 bits per heavy atom. The number of nitrogens with one attached hydrogen (secondary N) is 1. The predicted molar refractivity (Wildman–Crippen MR) is 86.6 cm³/mol. The summed E-state index contributed by atoms with van der Waals surface area (Å²) in [5, 5.41) is 2.88. The average Bonchev–Trinajstić information content (AvgIpc) is 2.54. The van der Waals surface area contributed by atoms with Gasteiger partial charge in [0.25, 0.3) is 5.91 Å². The van der Waals surface area contributed by atoms with E-state index in [1.807, 2.05) is 24.3 Å². The van der Waals surface area contributed by atoms with Gasteiger partial charge in [0.05, 0.1) is 12.1 Å². The molecule has 0 aromatic heterocycles. The van der Waals surface area contributed by atoms with Gasteiger partial charge in [0.1, 0.15) is 17.3 Å². The molecule has 2 rings (SSSR count). The van der Waals surface area contributed by atoms with Crippen LogP contribution in [0.5, 0.6) is 11.5 Å². The van der Waals surface area contributed by atoms with Crippen LogP contribution in [0.4, 0.5) is 4.39 Å². The largest absolute Gasteiger partial charge is 0.496 e. The molecule has 0 unspecified atom stereocenters. The van der Waals surface area contributed by atoms with Crippen LogP contribution in [0.2, 0.25) is 5.02 Å². The molecule has 0 bridgehead atoms. The summed E-state index contributed by atoms with van der Waals surface area (Å²) in [4.78, 5) is 11.8. The van der Waals surface area contributed by atoms with Crippen LogP contribution >= 0.6 is 11.6 Å². The number of hydrogen-bond donors (Lipinski definition) is 1. The van der Waals surface area contributed by atoms with Gasteiger partial charge in [-0.05, 0) is 36.2 Å². The molecule has 4 nitrogen and oxygen atoms in total. The van der Waals surface area contributed by atoms with Crippen molar-refractivity contribution < 1.29 is 18.7 Å². The van der Waals surface area contributed by atoms with Gasteiger partial charge in [-0.15, -0.1) is 0 Å². The van der Waals surface area contributed by atoms with Crippen LogP contribution in [-0.4, -0.2) is 26.2 Å². The summed E-state index contributed by atoms with van der Waals surface area (Å²) in [6.07, 6.45) is 0.646. The number of para-hydroxylation sites is 1. The second-order valence-electron chi connectivity index (χ2n) is 4.78. The molecular weight excluding hydrogens is 321 g/mol. The van der Waals surface area contributed by atoms with Gasteiger partial charge in [0, 0.05) is 6.54 Å². The van der Waals surface area contributed by atoms with Gasteiger partial charge < -0.3 is 14.8 Å². The highest BCUT2D eigenvalue weighted by atomic mass is 35.5. The molecule has 0 atom stereocenters. The molecule has 0 aliphatic rings. The quantitative estimate of drug-likeness (QED) is 0.844. The van der Waals surface area contributed by atoms with Crippen molar-refractivity contribution in [1.29, 1.82) is 0 Å². The van der Waals surface area contributed by atoms with E-state index in [1.54, 1.807) is 7.11 Å². The number of carbonyl (C=O) groups excluding carboxylic acids is 1. The molecule has 122 valence electrons. The van der Waals surface area contributed by atoms with Crippen molar-refractivity contribution in [3.8, 4) is 11.5 Å². The smallest absolute Gasteiger partial charge is 0.257 e. The van der Waals surface area contributed by atoms with E-state index in [9.17, 15) is 9.18 Å². The molecule has 0 heterocycles. The minimum atomic E-state index is -0.455. The third-order valence-electron chi connectivity index (χ3n) is 3.16. The zero-order chi connectivity index (χ0) is 16.7. The van der Waals surface area contributed by atoms with Gasteiger partial charge >= 0.3 is 0 Å². The first kappa shape index (κ1) is 17.1. The van der Waals surface area contributed by atoms with Gasteiger partial charge in [-0.3, -0.25) is 4.79 Å². The molecule has 6 heteroatoms. The average molecular weight is 338 g/mol. The van der Waals surface area contributed by atoms with E-state index in [0.717, 1.165) is 17.4 Å². The molecule has 0 saturated heterocycles. The normalized spacial score (nSPS) is 10.2. The van der Waals surface area contributed by atoms with E-state index in [0.29, 0.717) is 13.0 Å². The molecule has 0 saturated carbocycles. The summed E-state index contributed by atoms with van der Waals surface area (Å²) in [5.74, 6) is 0.327. The summed E-state index contributed by atoms with van der Waals surface area (Å²) in [5.41, 5.74) is 1.01. The monoisotopic (exact) mass is 337 g/mol. The highest BCUT2D eigenvalue weighted by molar-refractivity contribution is 6.32. The fourth-order valence-electron chi connectivity index (χ4n) is 2.03. The highest BCUT2D eigenvalue weighted by Crippen LogP contribution is 2.24.